The van der Waals surface area contributed by atoms with Gasteiger partial charge in [0, 0.05) is 36.3 Å². The molecule has 5 amide bonds. The van der Waals surface area contributed by atoms with Crippen molar-refractivity contribution < 1.29 is 19.2 Å². The molecule has 1 aliphatic rings. The first-order valence-electron chi connectivity index (χ1n) is 17.2. The third-order valence-corrected chi connectivity index (χ3v) is 9.35. The Hall–Kier alpha value is -5.15. The molecule has 10 heteroatoms. The van der Waals surface area contributed by atoms with Gasteiger partial charge in [0.15, 0.2) is 0 Å². The third kappa shape index (κ3) is 10.9. The highest BCUT2D eigenvalue weighted by atomic mass is 35.5. The molecule has 1 fully saturated rings. The average molecular weight is 694 g/mol. The molecule has 1 aliphatic heterocycles. The van der Waals surface area contributed by atoms with Crippen molar-refractivity contribution in [1.82, 2.24) is 20.9 Å². The summed E-state index contributed by atoms with van der Waals surface area (Å²) in [6, 6.07) is 34.0. The SMILES string of the molecule is O=C(Nc1ccccc1)C1CCN(C(=O)N[C@@H](CCc2ccccc2)C(=O)N[C@@H](CCc2ccccc2)C(=O)NCc2ccccc2Cl)CC1. The largest absolute Gasteiger partial charge is 0.350 e. The maximum Gasteiger partial charge on any atom is 0.318 e. The highest BCUT2D eigenvalue weighted by molar-refractivity contribution is 6.31. The second kappa shape index (κ2) is 18.6. The molecule has 50 heavy (non-hydrogen) atoms. The van der Waals surface area contributed by atoms with Crippen molar-refractivity contribution in [2.75, 3.05) is 18.4 Å². The minimum atomic E-state index is -0.891. The number of urea groups is 1. The Morgan fingerprint density at radius 1 is 0.660 bits per heavy atom. The van der Waals surface area contributed by atoms with Crippen LogP contribution >= 0.6 is 11.6 Å². The zero-order valence-electron chi connectivity index (χ0n) is 28.0. The highest BCUT2D eigenvalue weighted by Crippen LogP contribution is 2.20. The van der Waals surface area contributed by atoms with Crippen LogP contribution in [0.2, 0.25) is 5.02 Å². The van der Waals surface area contributed by atoms with Crippen molar-refractivity contribution in [3.63, 3.8) is 0 Å². The van der Waals surface area contributed by atoms with Crippen LogP contribution in [0.15, 0.2) is 115 Å². The Bertz CT molecular complexity index is 1700. The first kappa shape index (κ1) is 36.1. The Labute approximate surface area is 298 Å². The van der Waals surface area contributed by atoms with Gasteiger partial charge in [-0.1, -0.05) is 109 Å². The van der Waals surface area contributed by atoms with Crippen molar-refractivity contribution in [2.45, 2.75) is 57.2 Å². The number of benzene rings is 4. The topological polar surface area (TPSA) is 120 Å². The summed E-state index contributed by atoms with van der Waals surface area (Å²) in [7, 11) is 0. The Morgan fingerprint density at radius 3 is 1.76 bits per heavy atom. The van der Waals surface area contributed by atoms with Gasteiger partial charge in [-0.25, -0.2) is 4.79 Å². The van der Waals surface area contributed by atoms with Crippen LogP contribution in [0.4, 0.5) is 10.5 Å². The lowest BCUT2D eigenvalue weighted by Crippen LogP contribution is -2.56. The van der Waals surface area contributed by atoms with Crippen molar-refractivity contribution >= 4 is 41.0 Å². The second-order valence-electron chi connectivity index (χ2n) is 12.5. The number of amides is 5. The van der Waals surface area contributed by atoms with E-state index in [4.69, 9.17) is 11.6 Å². The van der Waals surface area contributed by atoms with Crippen LogP contribution in [0.25, 0.3) is 0 Å². The zero-order valence-corrected chi connectivity index (χ0v) is 28.8. The summed E-state index contributed by atoms with van der Waals surface area (Å²) in [5.41, 5.74) is 3.58. The van der Waals surface area contributed by atoms with Crippen LogP contribution in [0.1, 0.15) is 42.4 Å². The normalized spacial score (nSPS) is 14.2. The number of carbonyl (C=O) groups excluding carboxylic acids is 4. The van der Waals surface area contributed by atoms with Gasteiger partial charge in [0.25, 0.3) is 0 Å². The first-order valence-corrected chi connectivity index (χ1v) is 17.5. The van der Waals surface area contributed by atoms with E-state index in [0.29, 0.717) is 56.6 Å². The highest BCUT2D eigenvalue weighted by Gasteiger charge is 2.31. The predicted octanol–water partition coefficient (Wildman–Crippen LogP) is 6.14. The van der Waals surface area contributed by atoms with Crippen LogP contribution in [-0.4, -0.2) is 53.8 Å². The number of likely N-dealkylation sites (tertiary alicyclic amines) is 1. The average Bonchev–Trinajstić information content (AvgIpc) is 3.15. The van der Waals surface area contributed by atoms with E-state index in [1.54, 1.807) is 11.0 Å². The zero-order chi connectivity index (χ0) is 35.1. The van der Waals surface area contributed by atoms with E-state index in [1.165, 1.54) is 0 Å². The smallest absolute Gasteiger partial charge is 0.318 e. The molecular formula is C40H44ClN5O4. The Balaban J connectivity index is 1.24. The van der Waals surface area contributed by atoms with E-state index in [9.17, 15) is 19.2 Å². The van der Waals surface area contributed by atoms with E-state index in [2.05, 4.69) is 21.3 Å². The molecule has 5 rings (SSSR count). The standard InChI is InChI=1S/C40H44ClN5O4/c41-34-19-11-10-16-32(34)28-42-38(48)35(22-20-29-12-4-1-5-13-29)44-39(49)36(23-21-30-14-6-2-7-15-30)45-40(50)46-26-24-31(25-27-46)37(47)43-33-17-8-3-9-18-33/h1-19,31,35-36H,20-28H2,(H,42,48)(H,43,47)(H,44,49)(H,45,50)/t35-,36-/m0/s1. The summed E-state index contributed by atoms with van der Waals surface area (Å²) < 4.78 is 0. The summed E-state index contributed by atoms with van der Waals surface area (Å²) in [5, 5.41) is 12.3. The van der Waals surface area contributed by atoms with Crippen LogP contribution < -0.4 is 21.3 Å². The monoisotopic (exact) mass is 693 g/mol. The molecular weight excluding hydrogens is 650 g/mol. The van der Waals surface area contributed by atoms with E-state index in [-0.39, 0.29) is 30.3 Å². The lowest BCUT2D eigenvalue weighted by Gasteiger charge is -2.33. The van der Waals surface area contributed by atoms with Crippen molar-refractivity contribution in [2.24, 2.45) is 5.92 Å². The molecule has 9 nitrogen and oxygen atoms in total. The molecule has 0 aliphatic carbocycles. The van der Waals surface area contributed by atoms with Gasteiger partial charge in [-0.15, -0.1) is 0 Å². The number of carbonyl (C=O) groups is 4. The molecule has 4 N–H and O–H groups in total. The fourth-order valence-electron chi connectivity index (χ4n) is 6.02. The number of aryl methyl sites for hydroxylation is 2. The van der Waals surface area contributed by atoms with Gasteiger partial charge in [0.2, 0.25) is 17.7 Å². The number of nitrogens with zero attached hydrogens (tertiary/aromatic N) is 1. The second-order valence-corrected chi connectivity index (χ2v) is 12.9. The molecule has 260 valence electrons. The molecule has 4 aromatic rings. The van der Waals surface area contributed by atoms with Gasteiger partial charge < -0.3 is 26.2 Å². The fourth-order valence-corrected chi connectivity index (χ4v) is 6.22. The summed E-state index contributed by atoms with van der Waals surface area (Å²) >= 11 is 6.32. The van der Waals surface area contributed by atoms with Gasteiger partial charge in [-0.3, -0.25) is 14.4 Å². The summed E-state index contributed by atoms with van der Waals surface area (Å²) in [6.45, 7) is 0.982. The number of para-hydroxylation sites is 1. The molecule has 2 atom stereocenters. The van der Waals surface area contributed by atoms with Crippen LogP contribution in [-0.2, 0) is 33.8 Å². The van der Waals surface area contributed by atoms with Crippen molar-refractivity contribution in [1.29, 1.82) is 0 Å². The quantitative estimate of drug-likeness (QED) is 0.127. The van der Waals surface area contributed by atoms with Crippen LogP contribution in [0.5, 0.6) is 0 Å². The molecule has 4 aromatic carbocycles. The number of nitrogens with one attached hydrogen (secondary N) is 4. The lowest BCUT2D eigenvalue weighted by atomic mass is 9.96. The molecule has 1 saturated heterocycles. The number of hydrogen-bond donors (Lipinski definition) is 4. The molecule has 1 heterocycles. The van der Waals surface area contributed by atoms with Crippen LogP contribution in [0.3, 0.4) is 0 Å². The summed E-state index contributed by atoms with van der Waals surface area (Å²) in [4.78, 5) is 55.6. The van der Waals surface area contributed by atoms with Gasteiger partial charge >= 0.3 is 6.03 Å². The Morgan fingerprint density at radius 2 is 1.18 bits per heavy atom. The van der Waals surface area contributed by atoms with Crippen molar-refractivity contribution in [3.8, 4) is 0 Å². The molecule has 0 bridgehead atoms. The minimum absolute atomic E-state index is 0.0641. The van der Waals surface area contributed by atoms with Crippen LogP contribution in [0, 0.1) is 5.92 Å². The molecule has 0 unspecified atom stereocenters. The number of halogens is 1. The number of hydrogen-bond acceptors (Lipinski definition) is 4. The minimum Gasteiger partial charge on any atom is -0.350 e. The molecule has 0 saturated carbocycles. The van der Waals surface area contributed by atoms with E-state index < -0.39 is 18.0 Å². The van der Waals surface area contributed by atoms with E-state index in [1.807, 2.05) is 109 Å². The molecule has 0 aromatic heterocycles. The third-order valence-electron chi connectivity index (χ3n) is 8.98. The predicted molar refractivity (Wildman–Crippen MR) is 196 cm³/mol. The van der Waals surface area contributed by atoms with Gasteiger partial charge in [-0.05, 0) is 73.4 Å². The lowest BCUT2D eigenvalue weighted by molar-refractivity contribution is -0.130. The number of rotatable bonds is 14. The molecule has 0 radical (unpaired) electrons. The maximum absolute atomic E-state index is 14.0. The van der Waals surface area contributed by atoms with E-state index in [0.717, 1.165) is 22.4 Å². The fraction of sp³-hybridized carbons (Fsp3) is 0.300. The maximum atomic E-state index is 14.0. The van der Waals surface area contributed by atoms with Crippen molar-refractivity contribution in [3.05, 3.63) is 137 Å². The Kier molecular flexibility index (Phi) is 13.4. The van der Waals surface area contributed by atoms with Gasteiger partial charge in [-0.2, -0.15) is 0 Å². The number of piperidine rings is 1. The molecule has 0 spiro atoms. The van der Waals surface area contributed by atoms with E-state index >= 15 is 0 Å². The summed E-state index contributed by atoms with van der Waals surface area (Å²) in [6.07, 6.45) is 2.85. The first-order chi connectivity index (χ1) is 24.4. The number of anilines is 1. The van der Waals surface area contributed by atoms with Gasteiger partial charge in [0.1, 0.15) is 12.1 Å². The summed E-state index contributed by atoms with van der Waals surface area (Å²) in [5.74, 6) is -1.05. The van der Waals surface area contributed by atoms with Gasteiger partial charge in [0.05, 0.1) is 0 Å².